The average molecular weight is 194 g/mol. The second-order valence-electron chi connectivity index (χ2n) is 4.19. The third-order valence-corrected chi connectivity index (χ3v) is 3.66. The number of ether oxygens (including phenoxy) is 1. The predicted octanol–water partition coefficient (Wildman–Crippen LogP) is 3.20. The SMILES string of the molecule is CC1(C)COc2ccccc2SC1. The van der Waals surface area contributed by atoms with Gasteiger partial charge in [-0.05, 0) is 12.1 Å². The number of thioether (sulfide) groups is 1. The summed E-state index contributed by atoms with van der Waals surface area (Å²) in [6.07, 6.45) is 0. The Morgan fingerprint density at radius 3 is 2.92 bits per heavy atom. The zero-order valence-corrected chi connectivity index (χ0v) is 8.86. The second-order valence-corrected chi connectivity index (χ2v) is 5.21. The Kier molecular flexibility index (Phi) is 2.24. The molecule has 0 atom stereocenters. The average Bonchev–Trinajstić information content (AvgIpc) is 2.27. The minimum Gasteiger partial charge on any atom is -0.492 e. The molecule has 2 rings (SSSR count). The molecule has 0 N–H and O–H groups in total. The molecule has 0 fully saturated rings. The molecule has 0 unspecified atom stereocenters. The van der Waals surface area contributed by atoms with Gasteiger partial charge in [-0.15, -0.1) is 11.8 Å². The minimum atomic E-state index is 0.281. The van der Waals surface area contributed by atoms with Crippen molar-refractivity contribution in [1.29, 1.82) is 0 Å². The number of para-hydroxylation sites is 1. The van der Waals surface area contributed by atoms with Gasteiger partial charge in [-0.2, -0.15) is 0 Å². The minimum absolute atomic E-state index is 0.281. The van der Waals surface area contributed by atoms with Crippen molar-refractivity contribution in [3.63, 3.8) is 0 Å². The molecule has 1 nitrogen and oxygen atoms in total. The molecule has 13 heavy (non-hydrogen) atoms. The molecule has 2 heteroatoms. The lowest BCUT2D eigenvalue weighted by Gasteiger charge is -2.20. The molecule has 0 spiro atoms. The molecule has 0 saturated heterocycles. The lowest BCUT2D eigenvalue weighted by Crippen LogP contribution is -2.22. The van der Waals surface area contributed by atoms with Gasteiger partial charge in [-0.25, -0.2) is 0 Å². The Bertz CT molecular complexity index is 278. The van der Waals surface area contributed by atoms with Gasteiger partial charge in [0.05, 0.1) is 6.61 Å². The van der Waals surface area contributed by atoms with Crippen LogP contribution in [0.5, 0.6) is 5.75 Å². The van der Waals surface area contributed by atoms with E-state index in [1.807, 2.05) is 23.9 Å². The highest BCUT2D eigenvalue weighted by molar-refractivity contribution is 7.99. The van der Waals surface area contributed by atoms with Gasteiger partial charge in [0.15, 0.2) is 0 Å². The maximum absolute atomic E-state index is 5.74. The number of fused-ring (bicyclic) bond motifs is 1. The van der Waals surface area contributed by atoms with Gasteiger partial charge in [-0.1, -0.05) is 26.0 Å². The molecule has 0 saturated carbocycles. The summed E-state index contributed by atoms with van der Waals surface area (Å²) in [6, 6.07) is 8.26. The van der Waals surface area contributed by atoms with Crippen molar-refractivity contribution in [1.82, 2.24) is 0 Å². The largest absolute Gasteiger partial charge is 0.492 e. The summed E-state index contributed by atoms with van der Waals surface area (Å²) in [4.78, 5) is 1.27. The van der Waals surface area contributed by atoms with Crippen LogP contribution >= 0.6 is 11.8 Å². The highest BCUT2D eigenvalue weighted by Crippen LogP contribution is 2.37. The Morgan fingerprint density at radius 2 is 2.08 bits per heavy atom. The molecule has 0 amide bonds. The summed E-state index contributed by atoms with van der Waals surface area (Å²) >= 11 is 1.89. The van der Waals surface area contributed by atoms with Crippen LogP contribution in [0.4, 0.5) is 0 Å². The standard InChI is InChI=1S/C11H14OS/c1-11(2)7-12-9-5-3-4-6-10(9)13-8-11/h3-6H,7-8H2,1-2H3. The van der Waals surface area contributed by atoms with Crippen LogP contribution in [0.3, 0.4) is 0 Å². The third kappa shape index (κ3) is 1.99. The van der Waals surface area contributed by atoms with Crippen LogP contribution in [0.25, 0.3) is 0 Å². The molecule has 1 aliphatic heterocycles. The highest BCUT2D eigenvalue weighted by Gasteiger charge is 2.23. The van der Waals surface area contributed by atoms with Gasteiger partial charge in [0.25, 0.3) is 0 Å². The molecule has 70 valence electrons. The van der Waals surface area contributed by atoms with Crippen molar-refractivity contribution in [2.45, 2.75) is 18.7 Å². The van der Waals surface area contributed by atoms with E-state index < -0.39 is 0 Å². The summed E-state index contributed by atoms with van der Waals surface area (Å²) in [5.41, 5.74) is 0.281. The van der Waals surface area contributed by atoms with E-state index in [1.165, 1.54) is 4.90 Å². The van der Waals surface area contributed by atoms with E-state index in [0.29, 0.717) is 0 Å². The first-order valence-corrected chi connectivity index (χ1v) is 5.51. The highest BCUT2D eigenvalue weighted by atomic mass is 32.2. The van der Waals surface area contributed by atoms with Crippen molar-refractivity contribution in [2.24, 2.45) is 5.41 Å². The summed E-state index contributed by atoms with van der Waals surface area (Å²) in [5, 5.41) is 0. The molecule has 1 aromatic rings. The monoisotopic (exact) mass is 194 g/mol. The van der Waals surface area contributed by atoms with E-state index in [4.69, 9.17) is 4.74 Å². The Balaban J connectivity index is 2.27. The number of rotatable bonds is 0. The first-order chi connectivity index (χ1) is 6.17. The zero-order valence-electron chi connectivity index (χ0n) is 8.04. The quantitative estimate of drug-likeness (QED) is 0.627. The normalized spacial score (nSPS) is 19.8. The van der Waals surface area contributed by atoms with E-state index in [2.05, 4.69) is 26.0 Å². The fraction of sp³-hybridized carbons (Fsp3) is 0.455. The predicted molar refractivity (Wildman–Crippen MR) is 56.4 cm³/mol. The Morgan fingerprint density at radius 1 is 1.31 bits per heavy atom. The lowest BCUT2D eigenvalue weighted by molar-refractivity contribution is 0.202. The second kappa shape index (κ2) is 3.26. The van der Waals surface area contributed by atoms with Gasteiger partial charge < -0.3 is 4.74 Å². The van der Waals surface area contributed by atoms with Crippen LogP contribution in [0, 0.1) is 5.41 Å². The van der Waals surface area contributed by atoms with Crippen molar-refractivity contribution >= 4 is 11.8 Å². The van der Waals surface area contributed by atoms with Crippen LogP contribution in [0.2, 0.25) is 0 Å². The number of benzene rings is 1. The van der Waals surface area contributed by atoms with Crippen molar-refractivity contribution in [2.75, 3.05) is 12.4 Å². The molecule has 0 aliphatic carbocycles. The van der Waals surface area contributed by atoms with Gasteiger partial charge >= 0.3 is 0 Å². The number of hydrogen-bond acceptors (Lipinski definition) is 2. The van der Waals surface area contributed by atoms with Crippen LogP contribution in [-0.2, 0) is 0 Å². The number of hydrogen-bond donors (Lipinski definition) is 0. The van der Waals surface area contributed by atoms with Crippen molar-refractivity contribution in [3.05, 3.63) is 24.3 Å². The van der Waals surface area contributed by atoms with Crippen molar-refractivity contribution < 1.29 is 4.74 Å². The zero-order chi connectivity index (χ0) is 9.31. The molecule has 0 aromatic heterocycles. The van der Waals surface area contributed by atoms with E-state index in [1.54, 1.807) is 0 Å². The fourth-order valence-corrected chi connectivity index (χ4v) is 2.35. The summed E-state index contributed by atoms with van der Waals surface area (Å²) in [6.45, 7) is 5.30. The van der Waals surface area contributed by atoms with Gasteiger partial charge in [0, 0.05) is 16.1 Å². The summed E-state index contributed by atoms with van der Waals surface area (Å²) in [5.74, 6) is 2.17. The van der Waals surface area contributed by atoms with E-state index in [0.717, 1.165) is 18.1 Å². The molecule has 0 bridgehead atoms. The fourth-order valence-electron chi connectivity index (χ4n) is 1.28. The van der Waals surface area contributed by atoms with Gasteiger partial charge in [0.1, 0.15) is 5.75 Å². The van der Waals surface area contributed by atoms with Crippen LogP contribution in [0.1, 0.15) is 13.8 Å². The molecule has 1 aromatic carbocycles. The van der Waals surface area contributed by atoms with E-state index >= 15 is 0 Å². The van der Waals surface area contributed by atoms with Crippen LogP contribution < -0.4 is 4.74 Å². The molecular formula is C11H14OS. The van der Waals surface area contributed by atoms with Crippen LogP contribution in [0.15, 0.2) is 29.2 Å². The molecule has 0 radical (unpaired) electrons. The molecule has 1 heterocycles. The van der Waals surface area contributed by atoms with E-state index in [-0.39, 0.29) is 5.41 Å². The lowest BCUT2D eigenvalue weighted by atomic mass is 9.98. The Hall–Kier alpha value is -0.630. The first kappa shape index (κ1) is 8.95. The van der Waals surface area contributed by atoms with E-state index in [9.17, 15) is 0 Å². The van der Waals surface area contributed by atoms with Crippen molar-refractivity contribution in [3.8, 4) is 5.75 Å². The van der Waals surface area contributed by atoms with Crippen LogP contribution in [-0.4, -0.2) is 12.4 Å². The maximum atomic E-state index is 5.74. The summed E-state index contributed by atoms with van der Waals surface area (Å²) < 4.78 is 5.74. The topological polar surface area (TPSA) is 9.23 Å². The van der Waals surface area contributed by atoms with Gasteiger partial charge in [0.2, 0.25) is 0 Å². The first-order valence-electron chi connectivity index (χ1n) is 4.52. The smallest absolute Gasteiger partial charge is 0.132 e. The molecular weight excluding hydrogens is 180 g/mol. The summed E-state index contributed by atoms with van der Waals surface area (Å²) in [7, 11) is 0. The van der Waals surface area contributed by atoms with Gasteiger partial charge in [-0.3, -0.25) is 0 Å². The molecule has 1 aliphatic rings. The maximum Gasteiger partial charge on any atom is 0.132 e. The third-order valence-electron chi connectivity index (χ3n) is 2.09. The Labute approximate surface area is 83.5 Å².